The van der Waals surface area contributed by atoms with Gasteiger partial charge in [-0.05, 0) is 43.2 Å². The van der Waals surface area contributed by atoms with Crippen LogP contribution in [0.25, 0.3) is 17.0 Å². The van der Waals surface area contributed by atoms with Crippen LogP contribution in [0.2, 0.25) is 0 Å². The number of allylic oxidation sites excluding steroid dienone is 1. The van der Waals surface area contributed by atoms with Crippen LogP contribution in [-0.4, -0.2) is 17.4 Å². The minimum atomic E-state index is -0.266. The van der Waals surface area contributed by atoms with Gasteiger partial charge in [-0.25, -0.2) is 0 Å². The monoisotopic (exact) mass is 372 g/mol. The predicted molar refractivity (Wildman–Crippen MR) is 112 cm³/mol. The molecular weight excluding hydrogens is 348 g/mol. The first-order valence-corrected chi connectivity index (χ1v) is 9.60. The van der Waals surface area contributed by atoms with Gasteiger partial charge >= 0.3 is 0 Å². The average molecular weight is 372 g/mol. The molecule has 0 spiro atoms. The van der Waals surface area contributed by atoms with Crippen molar-refractivity contribution in [1.29, 1.82) is 5.26 Å². The Balaban J connectivity index is 1.81. The van der Waals surface area contributed by atoms with Crippen LogP contribution >= 0.6 is 0 Å². The van der Waals surface area contributed by atoms with Gasteiger partial charge in [-0.3, -0.25) is 4.79 Å². The van der Waals surface area contributed by atoms with Crippen LogP contribution in [0.1, 0.15) is 47.8 Å². The topological polar surface area (TPSA) is 65.9 Å². The molecule has 4 nitrogen and oxygen atoms in total. The summed E-state index contributed by atoms with van der Waals surface area (Å²) in [5.41, 5.74) is 3.13. The van der Waals surface area contributed by atoms with Gasteiger partial charge in [-0.15, -0.1) is 0 Å². The lowest BCUT2D eigenvalue weighted by Crippen LogP contribution is -2.03. The number of H-pyrrole nitrogens is 1. The van der Waals surface area contributed by atoms with E-state index in [0.29, 0.717) is 12.2 Å². The summed E-state index contributed by atoms with van der Waals surface area (Å²) in [6.07, 6.45) is 4.98. The number of para-hydroxylation sites is 1. The van der Waals surface area contributed by atoms with E-state index in [-0.39, 0.29) is 11.4 Å². The molecule has 0 fully saturated rings. The number of carbonyl (C=O) groups is 1. The molecule has 1 aromatic heterocycles. The number of nitriles is 1. The fraction of sp³-hybridized carbons (Fsp3) is 0.250. The van der Waals surface area contributed by atoms with E-state index in [1.807, 2.05) is 55.5 Å². The second-order valence-corrected chi connectivity index (χ2v) is 6.79. The Kier molecular flexibility index (Phi) is 6.29. The largest absolute Gasteiger partial charge is 0.494 e. The van der Waals surface area contributed by atoms with E-state index in [2.05, 4.69) is 18.0 Å². The van der Waals surface area contributed by atoms with Gasteiger partial charge in [0.15, 0.2) is 0 Å². The number of fused-ring (bicyclic) bond motifs is 1. The number of ether oxygens (including phenoxy) is 1. The van der Waals surface area contributed by atoms with Crippen molar-refractivity contribution in [3.05, 3.63) is 70.9 Å². The molecule has 0 saturated heterocycles. The number of aryl methyl sites for hydroxylation is 1. The standard InChI is InChI=1S/C24H24N2O2/c1-3-4-7-14-28-20-12-10-18(11-13-20)15-19(16-25)24(27)23-17(2)26-22-9-6-5-8-21(22)23/h5-6,8-13,15,26H,3-4,7,14H2,1-2H3/b19-15+. The van der Waals surface area contributed by atoms with Crippen molar-refractivity contribution in [2.45, 2.75) is 33.1 Å². The van der Waals surface area contributed by atoms with Crippen molar-refractivity contribution in [1.82, 2.24) is 4.98 Å². The van der Waals surface area contributed by atoms with E-state index < -0.39 is 0 Å². The minimum absolute atomic E-state index is 0.115. The number of aromatic amines is 1. The van der Waals surface area contributed by atoms with Crippen LogP contribution in [0.3, 0.4) is 0 Å². The van der Waals surface area contributed by atoms with Gasteiger partial charge in [0.1, 0.15) is 17.4 Å². The summed E-state index contributed by atoms with van der Waals surface area (Å²) in [7, 11) is 0. The van der Waals surface area contributed by atoms with Crippen molar-refractivity contribution in [3.63, 3.8) is 0 Å². The van der Waals surface area contributed by atoms with Crippen LogP contribution in [0.15, 0.2) is 54.1 Å². The molecule has 3 aromatic rings. The van der Waals surface area contributed by atoms with Gasteiger partial charge in [0, 0.05) is 16.6 Å². The highest BCUT2D eigenvalue weighted by Gasteiger charge is 2.19. The third-order valence-corrected chi connectivity index (χ3v) is 4.69. The number of hydrogen-bond donors (Lipinski definition) is 1. The summed E-state index contributed by atoms with van der Waals surface area (Å²) < 4.78 is 5.71. The maximum Gasteiger partial charge on any atom is 0.205 e. The normalized spacial score (nSPS) is 11.4. The Bertz CT molecular complexity index is 1040. The summed E-state index contributed by atoms with van der Waals surface area (Å²) >= 11 is 0. The molecule has 0 aliphatic heterocycles. The number of rotatable bonds is 8. The minimum Gasteiger partial charge on any atom is -0.494 e. The molecule has 0 aliphatic rings. The fourth-order valence-corrected chi connectivity index (χ4v) is 3.22. The van der Waals surface area contributed by atoms with Crippen molar-refractivity contribution in [2.75, 3.05) is 6.61 Å². The molecule has 0 amide bonds. The first-order chi connectivity index (χ1) is 13.6. The number of nitrogens with one attached hydrogen (secondary N) is 1. The fourth-order valence-electron chi connectivity index (χ4n) is 3.22. The van der Waals surface area contributed by atoms with E-state index in [1.165, 1.54) is 0 Å². The summed E-state index contributed by atoms with van der Waals surface area (Å²) in [4.78, 5) is 16.2. The average Bonchev–Trinajstić information content (AvgIpc) is 3.05. The van der Waals surface area contributed by atoms with Crippen LogP contribution in [0.5, 0.6) is 5.75 Å². The third kappa shape index (κ3) is 4.32. The van der Waals surface area contributed by atoms with Gasteiger partial charge < -0.3 is 9.72 Å². The molecule has 0 atom stereocenters. The molecule has 28 heavy (non-hydrogen) atoms. The second-order valence-electron chi connectivity index (χ2n) is 6.79. The van der Waals surface area contributed by atoms with Crippen molar-refractivity contribution in [2.24, 2.45) is 0 Å². The van der Waals surface area contributed by atoms with Crippen molar-refractivity contribution < 1.29 is 9.53 Å². The van der Waals surface area contributed by atoms with E-state index in [1.54, 1.807) is 6.08 Å². The Morgan fingerprint density at radius 1 is 1.14 bits per heavy atom. The zero-order valence-corrected chi connectivity index (χ0v) is 16.3. The number of hydrogen-bond acceptors (Lipinski definition) is 3. The summed E-state index contributed by atoms with van der Waals surface area (Å²) in [6, 6.07) is 17.1. The first-order valence-electron chi connectivity index (χ1n) is 9.60. The zero-order valence-electron chi connectivity index (χ0n) is 16.3. The highest BCUT2D eigenvalue weighted by molar-refractivity contribution is 6.20. The maximum absolute atomic E-state index is 13.0. The van der Waals surface area contributed by atoms with Crippen molar-refractivity contribution in [3.8, 4) is 11.8 Å². The summed E-state index contributed by atoms with van der Waals surface area (Å²) in [5, 5.41) is 10.4. The van der Waals surface area contributed by atoms with E-state index in [9.17, 15) is 10.1 Å². The molecule has 4 heteroatoms. The van der Waals surface area contributed by atoms with Gasteiger partial charge in [-0.2, -0.15) is 5.26 Å². The molecule has 3 rings (SSSR count). The lowest BCUT2D eigenvalue weighted by Gasteiger charge is -2.06. The molecule has 0 aliphatic carbocycles. The highest BCUT2D eigenvalue weighted by atomic mass is 16.5. The molecular formula is C24H24N2O2. The van der Waals surface area contributed by atoms with E-state index in [4.69, 9.17) is 4.74 Å². The SMILES string of the molecule is CCCCCOc1ccc(/C=C(\C#N)C(=O)c2c(C)[nH]c3ccccc23)cc1. The summed E-state index contributed by atoms with van der Waals surface area (Å²) in [6.45, 7) is 4.71. The van der Waals surface area contributed by atoms with Crippen LogP contribution in [0.4, 0.5) is 0 Å². The maximum atomic E-state index is 13.0. The van der Waals surface area contributed by atoms with Gasteiger partial charge in [0.25, 0.3) is 0 Å². The molecule has 0 saturated carbocycles. The number of nitrogens with zero attached hydrogens (tertiary/aromatic N) is 1. The molecule has 142 valence electrons. The number of carbonyl (C=O) groups excluding carboxylic acids is 1. The van der Waals surface area contributed by atoms with Gasteiger partial charge in [0.05, 0.1) is 12.2 Å². The van der Waals surface area contributed by atoms with Crippen molar-refractivity contribution >= 4 is 22.8 Å². The van der Waals surface area contributed by atoms with Crippen LogP contribution in [0, 0.1) is 18.3 Å². The van der Waals surface area contributed by atoms with E-state index >= 15 is 0 Å². The Morgan fingerprint density at radius 3 is 2.61 bits per heavy atom. The Labute approximate surface area is 165 Å². The Morgan fingerprint density at radius 2 is 1.89 bits per heavy atom. The van der Waals surface area contributed by atoms with Crippen LogP contribution in [-0.2, 0) is 0 Å². The number of Topliss-reactive ketones (excluding diaryl/α,β-unsaturated/α-hetero) is 1. The van der Waals surface area contributed by atoms with Gasteiger partial charge in [-0.1, -0.05) is 50.1 Å². The smallest absolute Gasteiger partial charge is 0.205 e. The molecule has 1 N–H and O–H groups in total. The molecule has 0 bridgehead atoms. The zero-order chi connectivity index (χ0) is 19.9. The molecule has 1 heterocycles. The highest BCUT2D eigenvalue weighted by Crippen LogP contribution is 2.25. The summed E-state index contributed by atoms with van der Waals surface area (Å²) in [5.74, 6) is 0.530. The number of ketones is 1. The van der Waals surface area contributed by atoms with E-state index in [0.717, 1.165) is 47.2 Å². The lowest BCUT2D eigenvalue weighted by molar-refractivity contribution is 0.104. The number of unbranched alkanes of at least 4 members (excludes halogenated alkanes) is 2. The first kappa shape index (κ1) is 19.4. The molecule has 0 radical (unpaired) electrons. The molecule has 0 unspecified atom stereocenters. The quantitative estimate of drug-likeness (QED) is 0.234. The lowest BCUT2D eigenvalue weighted by atomic mass is 9.99. The predicted octanol–water partition coefficient (Wildman–Crippen LogP) is 5.84. The van der Waals surface area contributed by atoms with Crippen LogP contribution < -0.4 is 4.74 Å². The molecule has 2 aromatic carbocycles. The number of aromatic nitrogens is 1. The Hall–Kier alpha value is -3.32. The number of benzene rings is 2. The third-order valence-electron chi connectivity index (χ3n) is 4.69. The second kappa shape index (κ2) is 9.05. The van der Waals surface area contributed by atoms with Gasteiger partial charge in [0.2, 0.25) is 5.78 Å².